The van der Waals surface area contributed by atoms with Crippen LogP contribution in [0.4, 0.5) is 4.39 Å². The molecular formula is C10H8FN. The summed E-state index contributed by atoms with van der Waals surface area (Å²) in [6.07, 6.45) is 1.82. The van der Waals surface area contributed by atoms with Gasteiger partial charge in [-0.1, -0.05) is 12.1 Å². The summed E-state index contributed by atoms with van der Waals surface area (Å²) in [4.78, 5) is 3.01. The maximum atomic E-state index is 12.7. The molecule has 1 aromatic carbocycles. The lowest BCUT2D eigenvalue weighted by molar-refractivity contribution is 0.628. The van der Waals surface area contributed by atoms with Crippen molar-refractivity contribution in [2.45, 2.75) is 0 Å². The van der Waals surface area contributed by atoms with E-state index in [0.717, 1.165) is 11.3 Å². The monoisotopic (exact) mass is 161 g/mol. The van der Waals surface area contributed by atoms with Crippen LogP contribution in [-0.4, -0.2) is 4.98 Å². The third kappa shape index (κ3) is 1.23. The van der Waals surface area contributed by atoms with Crippen LogP contribution >= 0.6 is 0 Å². The minimum atomic E-state index is -0.206. The highest BCUT2D eigenvalue weighted by molar-refractivity contribution is 5.58. The summed E-state index contributed by atoms with van der Waals surface area (Å²) < 4.78 is 12.7. The Kier molecular flexibility index (Phi) is 1.67. The largest absolute Gasteiger partial charge is 0.361 e. The number of rotatable bonds is 1. The van der Waals surface area contributed by atoms with Crippen LogP contribution in [0.5, 0.6) is 0 Å². The summed E-state index contributed by atoms with van der Waals surface area (Å²) in [7, 11) is 0. The third-order valence-corrected chi connectivity index (χ3v) is 1.73. The number of nitrogens with one attached hydrogen (secondary N) is 1. The lowest BCUT2D eigenvalue weighted by Gasteiger charge is -1.96. The fourth-order valence-corrected chi connectivity index (χ4v) is 1.17. The molecule has 2 aromatic rings. The van der Waals surface area contributed by atoms with Crippen LogP contribution in [0.2, 0.25) is 0 Å². The Labute approximate surface area is 69.9 Å². The van der Waals surface area contributed by atoms with Gasteiger partial charge in [0.2, 0.25) is 0 Å². The molecule has 1 heterocycles. The minimum absolute atomic E-state index is 0.206. The molecule has 0 aliphatic rings. The molecule has 0 saturated carbocycles. The Balaban J connectivity index is 2.48. The van der Waals surface area contributed by atoms with Crippen LogP contribution in [0, 0.1) is 5.82 Å². The molecule has 0 spiro atoms. The predicted molar refractivity (Wildman–Crippen MR) is 46.2 cm³/mol. The second-order valence-electron chi connectivity index (χ2n) is 2.59. The maximum absolute atomic E-state index is 12.7. The molecule has 0 atom stereocenters. The van der Waals surface area contributed by atoms with Gasteiger partial charge in [0.1, 0.15) is 5.82 Å². The van der Waals surface area contributed by atoms with Gasteiger partial charge in [0, 0.05) is 17.5 Å². The van der Waals surface area contributed by atoms with Gasteiger partial charge in [-0.3, -0.25) is 0 Å². The number of aromatic amines is 1. The quantitative estimate of drug-likeness (QED) is 0.662. The van der Waals surface area contributed by atoms with E-state index in [1.165, 1.54) is 12.1 Å². The van der Waals surface area contributed by atoms with Crippen molar-refractivity contribution in [3.8, 4) is 11.3 Å². The zero-order chi connectivity index (χ0) is 8.39. The second kappa shape index (κ2) is 2.81. The van der Waals surface area contributed by atoms with Crippen LogP contribution in [0.15, 0.2) is 42.6 Å². The summed E-state index contributed by atoms with van der Waals surface area (Å²) in [5.41, 5.74) is 1.81. The molecule has 60 valence electrons. The Morgan fingerprint density at radius 3 is 2.67 bits per heavy atom. The molecule has 2 rings (SSSR count). The second-order valence-corrected chi connectivity index (χ2v) is 2.59. The highest BCUT2D eigenvalue weighted by Gasteiger charge is 1.97. The molecule has 0 aliphatic carbocycles. The first-order valence-electron chi connectivity index (χ1n) is 3.75. The molecule has 0 saturated heterocycles. The minimum Gasteiger partial charge on any atom is -0.361 e. The average molecular weight is 161 g/mol. The van der Waals surface area contributed by atoms with E-state index in [0.29, 0.717) is 0 Å². The van der Waals surface area contributed by atoms with E-state index in [9.17, 15) is 4.39 Å². The van der Waals surface area contributed by atoms with Gasteiger partial charge in [-0.25, -0.2) is 4.39 Å². The van der Waals surface area contributed by atoms with Crippen molar-refractivity contribution in [2.75, 3.05) is 0 Å². The molecule has 0 unspecified atom stereocenters. The molecule has 12 heavy (non-hydrogen) atoms. The number of aromatic nitrogens is 1. The van der Waals surface area contributed by atoms with Gasteiger partial charge in [0.15, 0.2) is 0 Å². The van der Waals surface area contributed by atoms with Gasteiger partial charge < -0.3 is 4.98 Å². The van der Waals surface area contributed by atoms with Crippen molar-refractivity contribution in [3.05, 3.63) is 48.4 Å². The van der Waals surface area contributed by atoms with Gasteiger partial charge in [0.25, 0.3) is 0 Å². The van der Waals surface area contributed by atoms with Crippen molar-refractivity contribution < 1.29 is 4.39 Å². The average Bonchev–Trinajstić information content (AvgIpc) is 2.56. The van der Waals surface area contributed by atoms with Gasteiger partial charge in [-0.2, -0.15) is 0 Å². The number of hydrogen-bond donors (Lipinski definition) is 1. The van der Waals surface area contributed by atoms with Gasteiger partial charge in [0.05, 0.1) is 0 Å². The van der Waals surface area contributed by atoms with E-state index in [-0.39, 0.29) is 5.82 Å². The molecular weight excluding hydrogens is 153 g/mol. The summed E-state index contributed by atoms with van der Waals surface area (Å²) in [5.74, 6) is -0.206. The Hall–Kier alpha value is -1.57. The normalized spacial score (nSPS) is 10.1. The van der Waals surface area contributed by atoms with Crippen LogP contribution < -0.4 is 0 Å². The summed E-state index contributed by atoms with van der Waals surface area (Å²) >= 11 is 0. The Morgan fingerprint density at radius 1 is 1.08 bits per heavy atom. The van der Waals surface area contributed by atoms with Gasteiger partial charge in [-0.05, 0) is 24.3 Å². The highest BCUT2D eigenvalue weighted by atomic mass is 19.1. The Morgan fingerprint density at radius 2 is 2.00 bits per heavy atom. The summed E-state index contributed by atoms with van der Waals surface area (Å²) in [6.45, 7) is 0. The smallest absolute Gasteiger partial charge is 0.123 e. The van der Waals surface area contributed by atoms with E-state index in [4.69, 9.17) is 0 Å². The number of benzene rings is 1. The van der Waals surface area contributed by atoms with E-state index in [1.54, 1.807) is 6.07 Å². The van der Waals surface area contributed by atoms with Crippen LogP contribution in [-0.2, 0) is 0 Å². The molecule has 1 N–H and O–H groups in total. The van der Waals surface area contributed by atoms with Crippen molar-refractivity contribution in [1.29, 1.82) is 0 Å². The SMILES string of the molecule is Fc1cccc(-c2ccc[nH]2)c1. The molecule has 0 amide bonds. The molecule has 1 aromatic heterocycles. The number of H-pyrrole nitrogens is 1. The zero-order valence-electron chi connectivity index (χ0n) is 6.42. The van der Waals surface area contributed by atoms with E-state index < -0.39 is 0 Å². The molecule has 0 bridgehead atoms. The fourth-order valence-electron chi connectivity index (χ4n) is 1.17. The van der Waals surface area contributed by atoms with Crippen LogP contribution in [0.3, 0.4) is 0 Å². The van der Waals surface area contributed by atoms with Crippen molar-refractivity contribution in [2.24, 2.45) is 0 Å². The molecule has 2 heteroatoms. The molecule has 0 aliphatic heterocycles. The van der Waals surface area contributed by atoms with Crippen molar-refractivity contribution in [1.82, 2.24) is 4.98 Å². The predicted octanol–water partition coefficient (Wildman–Crippen LogP) is 2.82. The third-order valence-electron chi connectivity index (χ3n) is 1.73. The topological polar surface area (TPSA) is 15.8 Å². The van der Waals surface area contributed by atoms with Gasteiger partial charge >= 0.3 is 0 Å². The highest BCUT2D eigenvalue weighted by Crippen LogP contribution is 2.16. The lowest BCUT2D eigenvalue weighted by atomic mass is 10.1. The lowest BCUT2D eigenvalue weighted by Crippen LogP contribution is -1.78. The summed E-state index contributed by atoms with van der Waals surface area (Å²) in [6, 6.07) is 10.3. The maximum Gasteiger partial charge on any atom is 0.123 e. The van der Waals surface area contributed by atoms with Crippen LogP contribution in [0.25, 0.3) is 11.3 Å². The van der Waals surface area contributed by atoms with Crippen LogP contribution in [0.1, 0.15) is 0 Å². The zero-order valence-corrected chi connectivity index (χ0v) is 6.42. The van der Waals surface area contributed by atoms with Gasteiger partial charge in [-0.15, -0.1) is 0 Å². The molecule has 0 radical (unpaired) electrons. The summed E-state index contributed by atoms with van der Waals surface area (Å²) in [5, 5.41) is 0. The van der Waals surface area contributed by atoms with E-state index in [1.807, 2.05) is 24.4 Å². The van der Waals surface area contributed by atoms with E-state index >= 15 is 0 Å². The van der Waals surface area contributed by atoms with Crippen molar-refractivity contribution in [3.63, 3.8) is 0 Å². The van der Waals surface area contributed by atoms with E-state index in [2.05, 4.69) is 4.98 Å². The van der Waals surface area contributed by atoms with Crippen molar-refractivity contribution >= 4 is 0 Å². The Bertz CT molecular complexity index is 365. The fraction of sp³-hybridized carbons (Fsp3) is 0. The number of halogens is 1. The number of hydrogen-bond acceptors (Lipinski definition) is 0. The first-order valence-corrected chi connectivity index (χ1v) is 3.75. The molecule has 0 fully saturated rings. The molecule has 1 nitrogen and oxygen atoms in total. The first kappa shape index (κ1) is 7.10. The standard InChI is InChI=1S/C10H8FN/c11-9-4-1-3-8(7-9)10-5-2-6-12-10/h1-7,12H. The first-order chi connectivity index (χ1) is 5.86.